The van der Waals surface area contributed by atoms with Gasteiger partial charge in [-0.05, 0) is 59.1 Å². The van der Waals surface area contributed by atoms with Crippen LogP contribution in [0, 0.1) is 10.1 Å². The second kappa shape index (κ2) is 17.1. The normalized spacial score (nSPS) is 13.3. The van der Waals surface area contributed by atoms with Crippen LogP contribution in [0.1, 0.15) is 50.0 Å². The van der Waals surface area contributed by atoms with E-state index in [-0.39, 0.29) is 37.7 Å². The molecule has 2 atom stereocenters. The number of nitro benzene ring substituents is 1. The number of nitrogens with zero attached hydrogens (tertiary/aromatic N) is 1. The highest BCUT2D eigenvalue weighted by Crippen LogP contribution is 2.41. The Kier molecular flexibility index (Phi) is 12.1. The van der Waals surface area contributed by atoms with Gasteiger partial charge < -0.3 is 29.4 Å². The first kappa shape index (κ1) is 38.2. The number of aromatic nitrogens is 1. The zero-order valence-corrected chi connectivity index (χ0v) is 32.0. The predicted molar refractivity (Wildman–Crippen MR) is 214 cm³/mol. The summed E-state index contributed by atoms with van der Waals surface area (Å²) in [6, 6.07) is 39.6. The van der Waals surface area contributed by atoms with Crippen molar-refractivity contribution >= 4 is 41.8 Å². The molecule has 0 bridgehead atoms. The van der Waals surface area contributed by atoms with Crippen molar-refractivity contribution in [3.05, 3.63) is 148 Å². The summed E-state index contributed by atoms with van der Waals surface area (Å²) in [4.78, 5) is 29.9. The lowest BCUT2D eigenvalue weighted by atomic mass is 9.85. The van der Waals surface area contributed by atoms with Crippen LogP contribution in [0.4, 0.5) is 5.69 Å². The highest BCUT2D eigenvalue weighted by Gasteiger charge is 2.49. The van der Waals surface area contributed by atoms with Gasteiger partial charge in [-0.15, -0.1) is 0 Å². The molecule has 280 valence electrons. The number of nitrogens with one attached hydrogen (secondary N) is 1. The van der Waals surface area contributed by atoms with E-state index in [0.717, 1.165) is 51.1 Å². The van der Waals surface area contributed by atoms with Gasteiger partial charge in [-0.3, -0.25) is 10.1 Å². The number of hydrogen-bond donors (Lipinski definition) is 2. The number of nitrogens with two attached hydrogens (primary N) is 1. The van der Waals surface area contributed by atoms with Gasteiger partial charge >= 0.3 is 11.7 Å². The number of rotatable bonds is 18. The van der Waals surface area contributed by atoms with Gasteiger partial charge in [-0.2, -0.15) is 0 Å². The van der Waals surface area contributed by atoms with Crippen LogP contribution in [-0.2, 0) is 27.2 Å². The van der Waals surface area contributed by atoms with E-state index in [2.05, 4.69) is 31.8 Å². The maximum atomic E-state index is 14.4. The van der Waals surface area contributed by atoms with Gasteiger partial charge in [-0.1, -0.05) is 106 Å². The molecular formula is C43H47N3O7Si. The summed E-state index contributed by atoms with van der Waals surface area (Å²) in [6.45, 7) is 6.42. The van der Waals surface area contributed by atoms with Crippen LogP contribution in [0.2, 0.25) is 18.1 Å². The van der Waals surface area contributed by atoms with E-state index in [0.29, 0.717) is 11.3 Å². The van der Waals surface area contributed by atoms with Crippen molar-refractivity contribution in [2.24, 2.45) is 5.73 Å². The maximum Gasteiger partial charge on any atom is 0.329 e. The van der Waals surface area contributed by atoms with E-state index in [4.69, 9.17) is 24.4 Å². The lowest BCUT2D eigenvalue weighted by Crippen LogP contribution is -2.58. The molecular weight excluding hydrogens is 699 g/mol. The molecule has 54 heavy (non-hydrogen) atoms. The molecule has 0 saturated carbocycles. The monoisotopic (exact) mass is 745 g/mol. The summed E-state index contributed by atoms with van der Waals surface area (Å²) in [7, 11) is -2.51. The Bertz CT molecular complexity index is 2180. The summed E-state index contributed by atoms with van der Waals surface area (Å²) in [5.41, 5.74) is 9.24. The molecule has 0 amide bonds. The van der Waals surface area contributed by atoms with Crippen molar-refractivity contribution in [1.29, 1.82) is 0 Å². The molecule has 0 spiro atoms. The van der Waals surface area contributed by atoms with Crippen molar-refractivity contribution in [2.75, 3.05) is 6.61 Å². The smallest absolute Gasteiger partial charge is 0.329 e. The van der Waals surface area contributed by atoms with Gasteiger partial charge in [0.05, 0.1) is 23.2 Å². The molecule has 0 aliphatic rings. The van der Waals surface area contributed by atoms with Crippen LogP contribution in [0.25, 0.3) is 21.8 Å². The second-order valence-electron chi connectivity index (χ2n) is 13.6. The molecule has 3 N–H and O–H groups in total. The van der Waals surface area contributed by atoms with Crippen LogP contribution in [0.15, 0.2) is 121 Å². The number of para-hydroxylation sites is 1. The molecule has 6 rings (SSSR count). The van der Waals surface area contributed by atoms with E-state index in [1.54, 1.807) is 12.1 Å². The van der Waals surface area contributed by atoms with Crippen molar-refractivity contribution in [2.45, 2.75) is 70.2 Å². The molecule has 5 aromatic carbocycles. The molecule has 1 aromatic heterocycles. The molecule has 0 radical (unpaired) electrons. The number of esters is 1. The van der Waals surface area contributed by atoms with E-state index < -0.39 is 30.9 Å². The summed E-state index contributed by atoms with van der Waals surface area (Å²) in [5, 5.41) is 14.7. The Hall–Kier alpha value is -5.49. The predicted octanol–water partition coefficient (Wildman–Crippen LogP) is 9.78. The third-order valence-corrected chi connectivity index (χ3v) is 14.9. The lowest BCUT2D eigenvalue weighted by molar-refractivity contribution is -0.386. The minimum Gasteiger partial charge on any atom is -0.493 e. The molecule has 6 aromatic rings. The van der Waals surface area contributed by atoms with Gasteiger partial charge in [0.25, 0.3) is 0 Å². The third-order valence-electron chi connectivity index (χ3n) is 10.3. The Morgan fingerprint density at radius 1 is 0.778 bits per heavy atom. The first-order valence-electron chi connectivity index (χ1n) is 18.4. The van der Waals surface area contributed by atoms with E-state index >= 15 is 0 Å². The average molecular weight is 746 g/mol. The van der Waals surface area contributed by atoms with E-state index in [1.165, 1.54) is 6.07 Å². The average Bonchev–Trinajstić information content (AvgIpc) is 3.58. The van der Waals surface area contributed by atoms with Crippen LogP contribution >= 0.6 is 0 Å². The Morgan fingerprint density at radius 2 is 1.41 bits per heavy atom. The fraction of sp³-hybridized carbons (Fsp3) is 0.279. The van der Waals surface area contributed by atoms with E-state index in [9.17, 15) is 14.9 Å². The van der Waals surface area contributed by atoms with Gasteiger partial charge in [0.2, 0.25) is 0 Å². The lowest BCUT2D eigenvalue weighted by Gasteiger charge is -2.41. The number of nitro groups is 1. The van der Waals surface area contributed by atoms with Gasteiger partial charge in [0.1, 0.15) is 24.5 Å². The topological polar surface area (TPSA) is 139 Å². The summed E-state index contributed by atoms with van der Waals surface area (Å²) >= 11 is 0. The Balaban J connectivity index is 1.36. The number of ether oxygens (including phenoxy) is 3. The minimum absolute atomic E-state index is 0.00227. The Labute approximate surface area is 316 Å². The fourth-order valence-electron chi connectivity index (χ4n) is 6.88. The summed E-state index contributed by atoms with van der Waals surface area (Å²) in [6.07, 6.45) is -1.09. The molecule has 0 aliphatic heterocycles. The number of fused-ring (bicyclic) bond motifs is 3. The number of carbonyl (C=O) groups excluding carboxylic acids is 1. The molecule has 2 unspecified atom stereocenters. The molecule has 11 heteroatoms. The zero-order chi connectivity index (χ0) is 38.1. The number of H-pyrrole nitrogens is 1. The fourth-order valence-corrected chi connectivity index (χ4v) is 9.72. The van der Waals surface area contributed by atoms with Gasteiger partial charge in [0.15, 0.2) is 14.1 Å². The highest BCUT2D eigenvalue weighted by molar-refractivity contribution is 6.73. The van der Waals surface area contributed by atoms with Crippen LogP contribution in [0.3, 0.4) is 0 Å². The van der Waals surface area contributed by atoms with Crippen LogP contribution in [0.5, 0.6) is 11.5 Å². The number of hydrogen-bond acceptors (Lipinski definition) is 8. The van der Waals surface area contributed by atoms with Crippen LogP contribution in [-0.4, -0.2) is 36.3 Å². The van der Waals surface area contributed by atoms with Gasteiger partial charge in [0, 0.05) is 34.8 Å². The van der Waals surface area contributed by atoms with Crippen molar-refractivity contribution < 1.29 is 28.4 Å². The first-order chi connectivity index (χ1) is 26.2. The standard InChI is InChI=1S/C43H47N3O7Si/c1-4-54(5-2,6-3)53-41(33-21-24-40(39(27-33)46(48)49)51-29-31-15-9-7-10-16-31)43(44,42(47)52-30-32-17-11-8-12-18-32)25-26-50-34-22-23-36-35-19-13-14-20-37(35)45-38(36)28-34/h7-24,27-28,41,45H,4-6,25-26,29-30,44H2,1-3H3. The van der Waals surface area contributed by atoms with Crippen molar-refractivity contribution in [3.63, 3.8) is 0 Å². The molecule has 0 aliphatic carbocycles. The number of benzene rings is 5. The van der Waals surface area contributed by atoms with Crippen LogP contribution < -0.4 is 15.2 Å². The largest absolute Gasteiger partial charge is 0.493 e. The summed E-state index contributed by atoms with van der Waals surface area (Å²) < 4.78 is 25.3. The SMILES string of the molecule is CC[Si](CC)(CC)OC(c1ccc(OCc2ccccc2)c([N+](=O)[O-])c1)C(N)(CCOc1ccc2c(c1)[nH]c1ccccc12)C(=O)OCc1ccccc1. The Morgan fingerprint density at radius 3 is 2.07 bits per heavy atom. The molecule has 1 heterocycles. The van der Waals surface area contributed by atoms with Crippen molar-refractivity contribution in [1.82, 2.24) is 4.98 Å². The summed E-state index contributed by atoms with van der Waals surface area (Å²) in [5.74, 6) is 0.00656. The molecule has 10 nitrogen and oxygen atoms in total. The zero-order valence-electron chi connectivity index (χ0n) is 31.0. The number of carbonyl (C=O) groups is 1. The van der Waals surface area contributed by atoms with Crippen molar-refractivity contribution in [3.8, 4) is 11.5 Å². The minimum atomic E-state index is -2.51. The first-order valence-corrected chi connectivity index (χ1v) is 21.0. The molecule has 0 fully saturated rings. The maximum absolute atomic E-state index is 14.4. The van der Waals surface area contributed by atoms with Gasteiger partial charge in [-0.25, -0.2) is 4.79 Å². The second-order valence-corrected chi connectivity index (χ2v) is 18.3. The number of aromatic amines is 1. The highest BCUT2D eigenvalue weighted by atomic mass is 28.4. The third kappa shape index (κ3) is 8.49. The molecule has 0 saturated heterocycles. The van der Waals surface area contributed by atoms with E-state index in [1.807, 2.05) is 97.1 Å². The quantitative estimate of drug-likeness (QED) is 0.0384.